The SMILES string of the molecule is C=CC(C)(C)N1c2ccccc2C2(O)CC3C(=O)N4/C=C\C(C)(C)c5[nH]c6ccccc6c5/C=C\4C(=O)N3C12. The molecule has 39 heavy (non-hydrogen) atoms. The Kier molecular flexibility index (Phi) is 4.62. The summed E-state index contributed by atoms with van der Waals surface area (Å²) in [5.74, 6) is -0.494. The molecule has 4 aliphatic rings. The Morgan fingerprint density at radius 1 is 1.10 bits per heavy atom. The van der Waals surface area contributed by atoms with Gasteiger partial charge in [-0.2, -0.15) is 0 Å². The molecule has 198 valence electrons. The van der Waals surface area contributed by atoms with E-state index in [0.717, 1.165) is 33.4 Å². The topological polar surface area (TPSA) is 79.9 Å². The van der Waals surface area contributed by atoms with Gasteiger partial charge in [0.2, 0.25) is 0 Å². The van der Waals surface area contributed by atoms with Crippen molar-refractivity contribution in [2.45, 2.75) is 62.9 Å². The highest BCUT2D eigenvalue weighted by atomic mass is 16.3. The molecule has 0 aliphatic carbocycles. The minimum absolute atomic E-state index is 0.127. The number of hydrogen-bond acceptors (Lipinski definition) is 4. The van der Waals surface area contributed by atoms with Crippen molar-refractivity contribution in [2.75, 3.05) is 4.90 Å². The zero-order valence-corrected chi connectivity index (χ0v) is 22.6. The highest BCUT2D eigenvalue weighted by Crippen LogP contribution is 2.56. The summed E-state index contributed by atoms with van der Waals surface area (Å²) in [7, 11) is 0. The maximum Gasteiger partial charge on any atom is 0.273 e. The predicted molar refractivity (Wildman–Crippen MR) is 151 cm³/mol. The minimum Gasteiger partial charge on any atom is -0.381 e. The number of para-hydroxylation sites is 2. The van der Waals surface area contributed by atoms with E-state index in [1.54, 1.807) is 11.1 Å². The summed E-state index contributed by atoms with van der Waals surface area (Å²) in [5, 5.41) is 13.3. The van der Waals surface area contributed by atoms with Gasteiger partial charge in [-0.1, -0.05) is 62.4 Å². The summed E-state index contributed by atoms with van der Waals surface area (Å²) in [6.45, 7) is 12.3. The van der Waals surface area contributed by atoms with Gasteiger partial charge in [0, 0.05) is 51.4 Å². The quantitative estimate of drug-likeness (QED) is 0.478. The third-order valence-corrected chi connectivity index (χ3v) is 9.07. The first-order valence-corrected chi connectivity index (χ1v) is 13.4. The molecule has 7 heteroatoms. The van der Waals surface area contributed by atoms with Crippen LogP contribution < -0.4 is 4.90 Å². The van der Waals surface area contributed by atoms with Crippen LogP contribution in [0.5, 0.6) is 0 Å². The summed E-state index contributed by atoms with van der Waals surface area (Å²) < 4.78 is 0. The Labute approximate surface area is 227 Å². The molecule has 7 nitrogen and oxygen atoms in total. The maximum atomic E-state index is 14.5. The van der Waals surface area contributed by atoms with Gasteiger partial charge >= 0.3 is 0 Å². The molecule has 2 fully saturated rings. The molecule has 5 heterocycles. The number of aliphatic hydroxyl groups is 1. The number of nitrogens with one attached hydrogen (secondary N) is 1. The highest BCUT2D eigenvalue weighted by molar-refractivity contribution is 6.10. The number of hydrogen-bond donors (Lipinski definition) is 2. The zero-order chi connectivity index (χ0) is 27.5. The molecule has 2 N–H and O–H groups in total. The number of allylic oxidation sites excluding steroid dienone is 1. The van der Waals surface area contributed by atoms with Gasteiger partial charge in [0.25, 0.3) is 11.8 Å². The van der Waals surface area contributed by atoms with Crippen molar-refractivity contribution in [1.29, 1.82) is 0 Å². The fraction of sp³-hybridized carbons (Fsp3) is 0.312. The van der Waals surface area contributed by atoms with Crippen LogP contribution in [0, 0.1) is 0 Å². The lowest BCUT2D eigenvalue weighted by molar-refractivity contribution is -0.148. The second-order valence-electron chi connectivity index (χ2n) is 12.2. The van der Waals surface area contributed by atoms with Gasteiger partial charge in [-0.25, -0.2) is 0 Å². The van der Waals surface area contributed by atoms with Gasteiger partial charge in [-0.05, 0) is 32.1 Å². The summed E-state index contributed by atoms with van der Waals surface area (Å²) in [6.07, 6.45) is 6.75. The van der Waals surface area contributed by atoms with Crippen LogP contribution in [-0.2, 0) is 20.6 Å². The van der Waals surface area contributed by atoms with Crippen LogP contribution in [0.1, 0.15) is 50.9 Å². The van der Waals surface area contributed by atoms with Gasteiger partial charge < -0.3 is 19.9 Å². The van der Waals surface area contributed by atoms with Crippen molar-refractivity contribution < 1.29 is 14.7 Å². The fourth-order valence-corrected chi connectivity index (χ4v) is 6.95. The highest BCUT2D eigenvalue weighted by Gasteiger charge is 2.67. The smallest absolute Gasteiger partial charge is 0.273 e. The van der Waals surface area contributed by atoms with Crippen molar-refractivity contribution in [2.24, 2.45) is 0 Å². The maximum absolute atomic E-state index is 14.5. The predicted octanol–water partition coefficient (Wildman–Crippen LogP) is 4.76. The monoisotopic (exact) mass is 520 g/mol. The zero-order valence-electron chi connectivity index (χ0n) is 22.6. The van der Waals surface area contributed by atoms with E-state index in [9.17, 15) is 14.7 Å². The van der Waals surface area contributed by atoms with E-state index in [-0.39, 0.29) is 23.9 Å². The van der Waals surface area contributed by atoms with Crippen LogP contribution in [0.15, 0.2) is 79.2 Å². The first-order chi connectivity index (χ1) is 18.5. The summed E-state index contributed by atoms with van der Waals surface area (Å²) in [6, 6.07) is 14.9. The fourth-order valence-electron chi connectivity index (χ4n) is 6.95. The second-order valence-corrected chi connectivity index (χ2v) is 12.2. The first-order valence-electron chi connectivity index (χ1n) is 13.4. The summed E-state index contributed by atoms with van der Waals surface area (Å²) >= 11 is 0. The molecule has 0 radical (unpaired) electrons. The standard InChI is InChI=1S/C32H32N4O3/c1-6-31(4,5)36-23-14-10-8-12-21(23)32(39)18-25-27(37)34-16-15-30(2,3)26-20(19-11-7-9-13-22(19)33-26)17-24(34)28(38)35(25)29(32)36/h6-17,25,29,33,39H,1,18H2,2-5H3/b16-15-,24-17-. The van der Waals surface area contributed by atoms with E-state index in [0.29, 0.717) is 0 Å². The van der Waals surface area contributed by atoms with Gasteiger partial charge in [0.1, 0.15) is 23.5 Å². The van der Waals surface area contributed by atoms with Gasteiger partial charge in [-0.15, -0.1) is 6.58 Å². The van der Waals surface area contributed by atoms with E-state index in [2.05, 4.69) is 30.3 Å². The molecule has 7 rings (SSSR count). The van der Waals surface area contributed by atoms with Gasteiger partial charge in [0.05, 0.1) is 5.54 Å². The first kappa shape index (κ1) is 24.0. The van der Waals surface area contributed by atoms with E-state index in [1.165, 1.54) is 4.90 Å². The average Bonchev–Trinajstić information content (AvgIpc) is 3.51. The van der Waals surface area contributed by atoms with Crippen molar-refractivity contribution >= 4 is 34.5 Å². The molecule has 2 amide bonds. The molecule has 1 aromatic heterocycles. The van der Waals surface area contributed by atoms with Crippen LogP contribution in [0.4, 0.5) is 5.69 Å². The van der Waals surface area contributed by atoms with Crippen LogP contribution in [0.25, 0.3) is 17.0 Å². The van der Waals surface area contributed by atoms with Crippen molar-refractivity contribution in [1.82, 2.24) is 14.8 Å². The number of H-pyrrole nitrogens is 1. The van der Waals surface area contributed by atoms with Gasteiger partial charge in [0.15, 0.2) is 0 Å². The molecule has 3 aromatic rings. The number of nitrogens with zero attached hydrogens (tertiary/aromatic N) is 3. The number of rotatable bonds is 2. The van der Waals surface area contributed by atoms with Crippen LogP contribution >= 0.6 is 0 Å². The van der Waals surface area contributed by atoms with Crippen molar-refractivity contribution in [3.63, 3.8) is 0 Å². The lowest BCUT2D eigenvalue weighted by atomic mass is 9.85. The van der Waals surface area contributed by atoms with E-state index < -0.39 is 28.8 Å². The molecule has 0 spiro atoms. The third-order valence-electron chi connectivity index (χ3n) is 9.07. The Hall–Kier alpha value is -4.10. The number of carbonyl (C=O) groups is 2. The van der Waals surface area contributed by atoms with Crippen molar-refractivity contribution in [3.8, 4) is 0 Å². The lowest BCUT2D eigenvalue weighted by Crippen LogP contribution is -2.63. The lowest BCUT2D eigenvalue weighted by Gasteiger charge is -2.47. The molecule has 2 saturated heterocycles. The summed E-state index contributed by atoms with van der Waals surface area (Å²) in [5.41, 5.74) is 2.31. The van der Waals surface area contributed by atoms with Crippen LogP contribution in [0.3, 0.4) is 0 Å². The molecule has 4 aliphatic heterocycles. The Balaban J connectivity index is 1.45. The van der Waals surface area contributed by atoms with E-state index in [4.69, 9.17) is 0 Å². The van der Waals surface area contributed by atoms with Crippen molar-refractivity contribution in [3.05, 3.63) is 96.0 Å². The molecule has 3 atom stereocenters. The molecule has 0 saturated carbocycles. The summed E-state index contributed by atoms with van der Waals surface area (Å²) in [4.78, 5) is 37.4. The van der Waals surface area contributed by atoms with Crippen LogP contribution in [-0.4, -0.2) is 49.5 Å². The normalized spacial score (nSPS) is 29.1. The number of fused-ring (bicyclic) bond motifs is 9. The van der Waals surface area contributed by atoms with E-state index in [1.807, 2.05) is 80.6 Å². The minimum atomic E-state index is -1.40. The van der Waals surface area contributed by atoms with E-state index >= 15 is 0 Å². The Bertz CT molecular complexity index is 1660. The Morgan fingerprint density at radius 3 is 2.59 bits per heavy atom. The third kappa shape index (κ3) is 2.96. The van der Waals surface area contributed by atoms with Crippen LogP contribution in [0.2, 0.25) is 0 Å². The molecular formula is C32H32N4O3. The number of benzene rings is 2. The molecule has 2 aromatic carbocycles. The number of carbonyl (C=O) groups excluding carboxylic acids is 2. The number of piperazine rings is 1. The Morgan fingerprint density at radius 2 is 1.82 bits per heavy atom. The number of anilines is 1. The number of aromatic amines is 1. The molecule has 3 unspecified atom stereocenters. The molecular weight excluding hydrogens is 488 g/mol. The second kappa shape index (κ2) is 7.51. The molecule has 0 bridgehead atoms. The van der Waals surface area contributed by atoms with Gasteiger partial charge in [-0.3, -0.25) is 14.5 Å². The largest absolute Gasteiger partial charge is 0.381 e. The average molecular weight is 521 g/mol. The number of amides is 2. The number of aromatic nitrogens is 1.